The van der Waals surface area contributed by atoms with Crippen molar-refractivity contribution in [1.82, 2.24) is 0 Å². The van der Waals surface area contributed by atoms with Gasteiger partial charge in [0.05, 0.1) is 26.4 Å². The summed E-state index contributed by atoms with van der Waals surface area (Å²) in [7, 11) is -9.98. The molecule has 0 aliphatic rings. The zero-order chi connectivity index (χ0) is 78.9. The van der Waals surface area contributed by atoms with Crippen LogP contribution in [-0.2, 0) is 65.4 Å². The highest BCUT2D eigenvalue weighted by Gasteiger charge is 2.30. The Labute approximate surface area is 657 Å². The molecule has 0 saturated heterocycles. The molecule has 0 saturated carbocycles. The van der Waals surface area contributed by atoms with Crippen LogP contribution in [0, 0.1) is 0 Å². The average Bonchev–Trinajstić information content (AvgIpc) is 0.923. The fourth-order valence-corrected chi connectivity index (χ4v) is 13.0. The molecular formula is C89H154O17P2. The Morgan fingerprint density at radius 1 is 0.269 bits per heavy atom. The van der Waals surface area contributed by atoms with E-state index in [9.17, 15) is 43.2 Å². The summed E-state index contributed by atoms with van der Waals surface area (Å²) in [6.07, 6.45) is 90.1. The first kappa shape index (κ1) is 103. The van der Waals surface area contributed by atoms with E-state index in [1.54, 1.807) is 0 Å². The molecule has 0 bridgehead atoms. The van der Waals surface area contributed by atoms with Crippen molar-refractivity contribution in [1.29, 1.82) is 0 Å². The zero-order valence-electron chi connectivity index (χ0n) is 68.2. The van der Waals surface area contributed by atoms with Gasteiger partial charge in [0, 0.05) is 25.7 Å². The van der Waals surface area contributed by atoms with Crippen molar-refractivity contribution in [2.24, 2.45) is 0 Å². The van der Waals surface area contributed by atoms with Crippen molar-refractivity contribution >= 4 is 39.5 Å². The standard InChI is InChI=1S/C89H154O17P2/c1-5-9-13-17-21-25-29-33-37-39-41-43-47-49-53-57-61-65-69-73-86(91)99-79-84(105-88(93)75-71-67-63-59-55-51-45-35-31-27-23-19-15-11-7-3)81-103-107(95,96)101-77-83(90)78-102-108(97,98)104-82-85(106-89(94)76-72-68-64-60-56-52-46-36-32-28-24-20-16-12-8-4)80-100-87(92)74-70-66-62-58-54-50-48-44-42-40-38-34-30-26-22-18-14-10-6-2/h9-10,13-14,21-22,25-26,33-35,37-38,41-45,49,53,83-85,90H,5-8,11-12,15-20,23-24,27-32,36,39-40,46-48,50-52,54-82H2,1-4H3,(H,95,96)(H,97,98)/b13-9-,14-10-,25-21-,26-22-,37-33-,38-34-,43-41-,44-42-,45-35-,53-49-. The number of carbonyl (C=O) groups is 4. The summed E-state index contributed by atoms with van der Waals surface area (Å²) in [5, 5.41) is 10.7. The van der Waals surface area contributed by atoms with E-state index in [1.807, 2.05) is 0 Å². The van der Waals surface area contributed by atoms with Crippen molar-refractivity contribution in [2.45, 2.75) is 380 Å². The van der Waals surface area contributed by atoms with Crippen molar-refractivity contribution in [3.8, 4) is 0 Å². The van der Waals surface area contributed by atoms with Crippen LogP contribution >= 0.6 is 15.6 Å². The van der Waals surface area contributed by atoms with Gasteiger partial charge in [0.2, 0.25) is 0 Å². The molecule has 0 aliphatic carbocycles. The van der Waals surface area contributed by atoms with Crippen molar-refractivity contribution < 1.29 is 80.2 Å². The fraction of sp³-hybridized carbons (Fsp3) is 0.730. The summed E-state index contributed by atoms with van der Waals surface area (Å²) in [4.78, 5) is 73.2. The van der Waals surface area contributed by atoms with Gasteiger partial charge in [-0.25, -0.2) is 9.13 Å². The third-order valence-corrected chi connectivity index (χ3v) is 19.8. The molecule has 17 nitrogen and oxygen atoms in total. The molecule has 0 rings (SSSR count). The third kappa shape index (κ3) is 79.5. The number of aliphatic hydroxyl groups excluding tert-OH is 1. The quantitative estimate of drug-likeness (QED) is 0.0169. The first-order valence-corrected chi connectivity index (χ1v) is 45.8. The second-order valence-corrected chi connectivity index (χ2v) is 31.3. The lowest BCUT2D eigenvalue weighted by Gasteiger charge is -2.21. The van der Waals surface area contributed by atoms with E-state index in [-0.39, 0.29) is 25.7 Å². The topological polar surface area (TPSA) is 237 Å². The normalized spacial score (nSPS) is 14.4. The molecule has 0 aromatic rings. The van der Waals surface area contributed by atoms with E-state index in [0.29, 0.717) is 25.7 Å². The van der Waals surface area contributed by atoms with Crippen LogP contribution in [0.2, 0.25) is 0 Å². The largest absolute Gasteiger partial charge is 0.472 e. The number of unbranched alkanes of at least 4 members (excludes halogenated alkanes) is 34. The summed E-state index contributed by atoms with van der Waals surface area (Å²) in [5.41, 5.74) is 0. The predicted molar refractivity (Wildman–Crippen MR) is 445 cm³/mol. The molecule has 0 spiro atoms. The smallest absolute Gasteiger partial charge is 0.462 e. The van der Waals surface area contributed by atoms with E-state index in [4.69, 9.17) is 37.0 Å². The molecule has 19 heteroatoms. The minimum absolute atomic E-state index is 0.0765. The number of phosphoric acid groups is 2. The molecule has 0 aromatic heterocycles. The monoisotopic (exact) mass is 1560 g/mol. The summed E-state index contributed by atoms with van der Waals surface area (Å²) in [6.45, 7) is 4.64. The van der Waals surface area contributed by atoms with Crippen LogP contribution < -0.4 is 0 Å². The maximum atomic E-state index is 13.1. The van der Waals surface area contributed by atoms with Crippen LogP contribution in [0.15, 0.2) is 122 Å². The van der Waals surface area contributed by atoms with Gasteiger partial charge in [-0.1, -0.05) is 323 Å². The molecule has 3 N–H and O–H groups in total. The van der Waals surface area contributed by atoms with Crippen molar-refractivity contribution in [3.05, 3.63) is 122 Å². The molecule has 0 fully saturated rings. The van der Waals surface area contributed by atoms with Gasteiger partial charge >= 0.3 is 39.5 Å². The summed E-state index contributed by atoms with van der Waals surface area (Å²) in [5.74, 6) is -2.22. The van der Waals surface area contributed by atoms with Crippen LogP contribution in [0.4, 0.5) is 0 Å². The number of carbonyl (C=O) groups excluding carboxylic acids is 4. The lowest BCUT2D eigenvalue weighted by Crippen LogP contribution is -2.30. The highest BCUT2D eigenvalue weighted by molar-refractivity contribution is 7.47. The van der Waals surface area contributed by atoms with E-state index in [2.05, 4.69) is 149 Å². The Morgan fingerprint density at radius 3 is 0.759 bits per heavy atom. The van der Waals surface area contributed by atoms with Crippen LogP contribution in [0.5, 0.6) is 0 Å². The second-order valence-electron chi connectivity index (χ2n) is 28.4. The first-order chi connectivity index (χ1) is 52.7. The van der Waals surface area contributed by atoms with E-state index in [0.717, 1.165) is 180 Å². The second kappa shape index (κ2) is 80.5. The Kier molecular flexibility index (Phi) is 77.1. The molecule has 0 amide bonds. The minimum Gasteiger partial charge on any atom is -0.462 e. The molecule has 622 valence electrons. The number of phosphoric ester groups is 2. The van der Waals surface area contributed by atoms with Crippen LogP contribution in [0.1, 0.15) is 362 Å². The summed E-state index contributed by atoms with van der Waals surface area (Å²) >= 11 is 0. The Balaban J connectivity index is 5.40. The lowest BCUT2D eigenvalue weighted by atomic mass is 10.0. The number of allylic oxidation sites excluding steroid dienone is 20. The number of esters is 4. The number of rotatable bonds is 80. The maximum Gasteiger partial charge on any atom is 0.472 e. The molecular weight excluding hydrogens is 1400 g/mol. The van der Waals surface area contributed by atoms with Gasteiger partial charge in [-0.05, 0) is 135 Å². The van der Waals surface area contributed by atoms with Crippen molar-refractivity contribution in [3.63, 3.8) is 0 Å². The van der Waals surface area contributed by atoms with Gasteiger partial charge in [-0.15, -0.1) is 0 Å². The number of hydrogen-bond acceptors (Lipinski definition) is 15. The molecule has 5 atom stereocenters. The summed E-state index contributed by atoms with van der Waals surface area (Å²) in [6, 6.07) is 0. The number of ether oxygens (including phenoxy) is 4. The highest BCUT2D eigenvalue weighted by Crippen LogP contribution is 2.45. The number of hydrogen-bond donors (Lipinski definition) is 3. The highest BCUT2D eigenvalue weighted by atomic mass is 31.2. The fourth-order valence-electron chi connectivity index (χ4n) is 11.5. The van der Waals surface area contributed by atoms with Crippen LogP contribution in [-0.4, -0.2) is 96.7 Å². The van der Waals surface area contributed by atoms with Crippen molar-refractivity contribution in [2.75, 3.05) is 39.6 Å². The molecule has 0 heterocycles. The average molecular weight is 1560 g/mol. The van der Waals surface area contributed by atoms with Gasteiger partial charge in [-0.3, -0.25) is 37.3 Å². The Morgan fingerprint density at radius 2 is 0.481 bits per heavy atom. The van der Waals surface area contributed by atoms with E-state index >= 15 is 0 Å². The van der Waals surface area contributed by atoms with E-state index in [1.165, 1.54) is 103 Å². The van der Waals surface area contributed by atoms with Gasteiger partial charge in [-0.2, -0.15) is 0 Å². The Hall–Kier alpha value is -4.54. The molecule has 108 heavy (non-hydrogen) atoms. The predicted octanol–water partition coefficient (Wildman–Crippen LogP) is 25.5. The van der Waals surface area contributed by atoms with Gasteiger partial charge in [0.25, 0.3) is 0 Å². The first-order valence-electron chi connectivity index (χ1n) is 42.8. The molecule has 5 unspecified atom stereocenters. The lowest BCUT2D eigenvalue weighted by molar-refractivity contribution is -0.161. The van der Waals surface area contributed by atoms with Gasteiger partial charge in [0.1, 0.15) is 19.3 Å². The number of aliphatic hydroxyl groups is 1. The SMILES string of the molecule is CC/C=C\C/C=C\C/C=C\C/C=C\C/C=C\CCCCCC(=O)OCC(COP(=O)(O)OCC(O)COP(=O)(O)OCC(COC(=O)CCCCCCCC/C=C\C/C=C\C/C=C\C/C=C\CC)OC(=O)CCCCCCCCCCCCCCCCC)OC(=O)CCCCCCC/C=C\CCCCCCCC. The maximum absolute atomic E-state index is 13.1. The van der Waals surface area contributed by atoms with Gasteiger partial charge < -0.3 is 33.8 Å². The van der Waals surface area contributed by atoms with Gasteiger partial charge in [0.15, 0.2) is 12.2 Å². The molecule has 0 aliphatic heterocycles. The van der Waals surface area contributed by atoms with Crippen LogP contribution in [0.25, 0.3) is 0 Å². The zero-order valence-corrected chi connectivity index (χ0v) is 70.0. The minimum atomic E-state index is -4.99. The summed E-state index contributed by atoms with van der Waals surface area (Å²) < 4.78 is 68.8. The molecule has 0 aromatic carbocycles. The third-order valence-electron chi connectivity index (χ3n) is 17.9. The molecule has 0 radical (unpaired) electrons. The van der Waals surface area contributed by atoms with E-state index < -0.39 is 97.5 Å². The van der Waals surface area contributed by atoms with Crippen LogP contribution in [0.3, 0.4) is 0 Å². The Bertz CT molecular complexity index is 2520.